The number of anilines is 2. The second kappa shape index (κ2) is 8.58. The first kappa shape index (κ1) is 22.0. The summed E-state index contributed by atoms with van der Waals surface area (Å²) in [5.41, 5.74) is -1.08. The smallest absolute Gasteiger partial charge is 0.308 e. The van der Waals surface area contributed by atoms with Crippen LogP contribution in [0.2, 0.25) is 5.02 Å². The van der Waals surface area contributed by atoms with Crippen molar-refractivity contribution in [2.45, 2.75) is 11.1 Å². The van der Waals surface area contributed by atoms with Crippen LogP contribution in [0.3, 0.4) is 0 Å². The van der Waals surface area contributed by atoms with Gasteiger partial charge in [-0.05, 0) is 18.2 Å². The first-order chi connectivity index (χ1) is 14.1. The van der Waals surface area contributed by atoms with Crippen molar-refractivity contribution in [3.05, 3.63) is 64.8 Å². The number of hydrogen-bond acceptors (Lipinski definition) is 6. The van der Waals surface area contributed by atoms with Gasteiger partial charge in [0.25, 0.3) is 10.0 Å². The van der Waals surface area contributed by atoms with Crippen molar-refractivity contribution in [2.75, 3.05) is 16.2 Å². The Balaban J connectivity index is 1.85. The van der Waals surface area contributed by atoms with Crippen molar-refractivity contribution in [3.8, 4) is 0 Å². The number of carbonyl (C=O) groups is 1. The minimum atomic E-state index is -4.65. The first-order valence-corrected chi connectivity index (χ1v) is 10.8. The molecule has 0 spiro atoms. The molecule has 30 heavy (non-hydrogen) atoms. The summed E-state index contributed by atoms with van der Waals surface area (Å²) in [6, 6.07) is 8.03. The molecule has 0 unspecified atom stereocenters. The summed E-state index contributed by atoms with van der Waals surface area (Å²) in [6.07, 6.45) is -2.76. The molecule has 1 aromatic carbocycles. The van der Waals surface area contributed by atoms with Crippen molar-refractivity contribution in [3.63, 3.8) is 0 Å². The Labute approximate surface area is 178 Å². The van der Waals surface area contributed by atoms with E-state index in [1.165, 1.54) is 35.8 Å². The molecule has 0 fully saturated rings. The van der Waals surface area contributed by atoms with Crippen LogP contribution in [0.25, 0.3) is 0 Å². The van der Waals surface area contributed by atoms with E-state index in [1.54, 1.807) is 6.07 Å². The number of amides is 1. The van der Waals surface area contributed by atoms with E-state index in [1.807, 2.05) is 0 Å². The van der Waals surface area contributed by atoms with Gasteiger partial charge >= 0.3 is 6.18 Å². The molecule has 0 aliphatic carbocycles. The molecule has 1 N–H and O–H groups in total. The molecule has 3 aromatic rings. The second-order valence-electron chi connectivity index (χ2n) is 5.74. The number of aromatic nitrogens is 2. The maximum absolute atomic E-state index is 13.0. The zero-order valence-corrected chi connectivity index (χ0v) is 17.2. The lowest BCUT2D eigenvalue weighted by molar-refractivity contribution is -0.137. The number of thiazole rings is 1. The van der Waals surface area contributed by atoms with Crippen LogP contribution in [0.5, 0.6) is 0 Å². The Morgan fingerprint density at radius 2 is 1.90 bits per heavy atom. The van der Waals surface area contributed by atoms with E-state index in [0.717, 1.165) is 15.6 Å². The summed E-state index contributed by atoms with van der Waals surface area (Å²) in [7, 11) is -4.13. The molecule has 1 amide bonds. The average molecular weight is 477 g/mol. The minimum Gasteiger partial charge on any atom is -0.308 e. The van der Waals surface area contributed by atoms with E-state index in [4.69, 9.17) is 11.6 Å². The second-order valence-corrected chi connectivity index (χ2v) is 8.88. The topological polar surface area (TPSA) is 92.3 Å². The molecule has 7 nitrogen and oxygen atoms in total. The Morgan fingerprint density at radius 1 is 1.20 bits per heavy atom. The van der Waals surface area contributed by atoms with Gasteiger partial charge in [0.2, 0.25) is 5.91 Å². The van der Waals surface area contributed by atoms with Gasteiger partial charge in [-0.2, -0.15) is 13.2 Å². The third-order valence-corrected chi connectivity index (χ3v) is 6.63. The average Bonchev–Trinajstić information content (AvgIpc) is 3.22. The SMILES string of the molecule is O=C(CN(c1nccs1)S(=O)(=O)c1ccccc1)Nc1ncc(C(F)(F)F)cc1Cl. The van der Waals surface area contributed by atoms with Crippen molar-refractivity contribution in [1.82, 2.24) is 9.97 Å². The summed E-state index contributed by atoms with van der Waals surface area (Å²) >= 11 is 6.78. The van der Waals surface area contributed by atoms with E-state index >= 15 is 0 Å². The number of halogens is 4. The molecule has 2 aromatic heterocycles. The minimum absolute atomic E-state index is 0.0421. The van der Waals surface area contributed by atoms with E-state index in [2.05, 4.69) is 15.3 Å². The van der Waals surface area contributed by atoms with Gasteiger partial charge in [0.15, 0.2) is 10.9 Å². The normalized spacial score (nSPS) is 11.9. The van der Waals surface area contributed by atoms with Gasteiger partial charge in [0.05, 0.1) is 15.5 Å². The molecule has 158 valence electrons. The third kappa shape index (κ3) is 4.89. The third-order valence-electron chi connectivity index (χ3n) is 3.68. The van der Waals surface area contributed by atoms with Gasteiger partial charge in [-0.1, -0.05) is 29.8 Å². The quantitative estimate of drug-likeness (QED) is 0.579. The van der Waals surface area contributed by atoms with E-state index in [9.17, 15) is 26.4 Å². The Hall–Kier alpha value is -2.70. The lowest BCUT2D eigenvalue weighted by atomic mass is 10.3. The number of alkyl halides is 3. The van der Waals surface area contributed by atoms with Crippen molar-refractivity contribution in [1.29, 1.82) is 0 Å². The van der Waals surface area contributed by atoms with Crippen LogP contribution in [0.15, 0.2) is 59.1 Å². The van der Waals surface area contributed by atoms with Gasteiger partial charge in [-0.15, -0.1) is 11.3 Å². The number of rotatable bonds is 6. The van der Waals surface area contributed by atoms with Crippen molar-refractivity contribution >= 4 is 49.8 Å². The lowest BCUT2D eigenvalue weighted by Gasteiger charge is -2.21. The Morgan fingerprint density at radius 3 is 2.47 bits per heavy atom. The molecule has 0 saturated carbocycles. The highest BCUT2D eigenvalue weighted by atomic mass is 35.5. The molecule has 3 rings (SSSR count). The van der Waals surface area contributed by atoms with Crippen LogP contribution in [0.4, 0.5) is 24.1 Å². The van der Waals surface area contributed by atoms with Gasteiger partial charge in [-0.3, -0.25) is 4.79 Å². The highest BCUT2D eigenvalue weighted by Crippen LogP contribution is 2.32. The Kier molecular flexibility index (Phi) is 6.29. The summed E-state index contributed by atoms with van der Waals surface area (Å²) in [4.78, 5) is 19.9. The summed E-state index contributed by atoms with van der Waals surface area (Å²) in [5.74, 6) is -1.19. The monoisotopic (exact) mass is 476 g/mol. The van der Waals surface area contributed by atoms with Gasteiger partial charge in [0, 0.05) is 17.8 Å². The van der Waals surface area contributed by atoms with Crippen LogP contribution < -0.4 is 9.62 Å². The fraction of sp³-hybridized carbons (Fsp3) is 0.118. The van der Waals surface area contributed by atoms with E-state index < -0.39 is 39.2 Å². The van der Waals surface area contributed by atoms with Gasteiger partial charge < -0.3 is 5.32 Å². The largest absolute Gasteiger partial charge is 0.417 e. The molecule has 2 heterocycles. The maximum Gasteiger partial charge on any atom is 0.417 e. The summed E-state index contributed by atoms with van der Waals surface area (Å²) in [6.45, 7) is -0.691. The fourth-order valence-corrected chi connectivity index (χ4v) is 4.78. The molecular formula is C17H12ClF3N4O3S2. The van der Waals surface area contributed by atoms with E-state index in [-0.39, 0.29) is 15.8 Å². The number of pyridine rings is 1. The van der Waals surface area contributed by atoms with Crippen LogP contribution in [0.1, 0.15) is 5.56 Å². The van der Waals surface area contributed by atoms with Crippen LogP contribution in [-0.2, 0) is 21.0 Å². The number of hydrogen-bond donors (Lipinski definition) is 1. The zero-order chi connectivity index (χ0) is 21.9. The van der Waals surface area contributed by atoms with Crippen LogP contribution in [-0.4, -0.2) is 30.8 Å². The highest BCUT2D eigenvalue weighted by Gasteiger charge is 2.32. The number of nitrogens with one attached hydrogen (secondary N) is 1. The molecule has 0 aliphatic heterocycles. The zero-order valence-electron chi connectivity index (χ0n) is 14.8. The molecular weight excluding hydrogens is 465 g/mol. The molecule has 0 aliphatic rings. The first-order valence-electron chi connectivity index (χ1n) is 8.09. The van der Waals surface area contributed by atoms with Crippen LogP contribution in [0, 0.1) is 0 Å². The predicted molar refractivity (Wildman–Crippen MR) is 106 cm³/mol. The maximum atomic E-state index is 13.0. The van der Waals surface area contributed by atoms with E-state index in [0.29, 0.717) is 12.3 Å². The summed E-state index contributed by atoms with van der Waals surface area (Å²) in [5, 5.41) is 3.37. The number of carbonyl (C=O) groups excluding carboxylic acids is 1. The van der Waals surface area contributed by atoms with Gasteiger partial charge in [0.1, 0.15) is 6.54 Å². The molecule has 13 heteroatoms. The fourth-order valence-electron chi connectivity index (χ4n) is 2.30. The highest BCUT2D eigenvalue weighted by molar-refractivity contribution is 7.93. The Bertz CT molecular complexity index is 1140. The number of sulfonamides is 1. The number of nitrogens with zero attached hydrogens (tertiary/aromatic N) is 3. The molecule has 0 bridgehead atoms. The molecule has 0 atom stereocenters. The van der Waals surface area contributed by atoms with Gasteiger partial charge in [-0.25, -0.2) is 22.7 Å². The summed E-state index contributed by atoms with van der Waals surface area (Å²) < 4.78 is 64.9. The molecule has 0 radical (unpaired) electrons. The van der Waals surface area contributed by atoms with Crippen LogP contribution >= 0.6 is 22.9 Å². The standard InChI is InChI=1S/C17H12ClF3N4O3S2/c18-13-8-11(17(19,20)21)9-23-15(13)24-14(26)10-25(16-22-6-7-29-16)30(27,28)12-4-2-1-3-5-12/h1-9H,10H2,(H,23,24,26). The predicted octanol–water partition coefficient (Wildman–Crippen LogP) is 4.04. The number of benzene rings is 1. The molecule has 0 saturated heterocycles. The van der Waals surface area contributed by atoms with Crippen molar-refractivity contribution in [2.24, 2.45) is 0 Å². The lowest BCUT2D eigenvalue weighted by Crippen LogP contribution is -2.38. The van der Waals surface area contributed by atoms with Crippen molar-refractivity contribution < 1.29 is 26.4 Å².